The molecule has 2 aromatic carbocycles. The minimum Gasteiger partial charge on any atom is -0.508 e. The van der Waals surface area contributed by atoms with Crippen LogP contribution in [0.15, 0.2) is 48.5 Å². The number of aromatic hydroxyl groups is 2. The van der Waals surface area contributed by atoms with Crippen LogP contribution in [0.25, 0.3) is 0 Å². The van der Waals surface area contributed by atoms with Gasteiger partial charge in [0.2, 0.25) is 0 Å². The third-order valence-corrected chi connectivity index (χ3v) is 2.83. The number of benzene rings is 2. The molecule has 0 heterocycles. The molecular weight excluding hydrogens is 228 g/mol. The molecule has 2 aromatic rings. The number of carbonyl (C=O) groups is 1. The van der Waals surface area contributed by atoms with Crippen LogP contribution in [-0.2, 0) is 11.2 Å². The Kier molecular flexibility index (Phi) is 3.63. The van der Waals surface area contributed by atoms with Gasteiger partial charge >= 0.3 is 0 Å². The zero-order valence-corrected chi connectivity index (χ0v) is 9.78. The fraction of sp³-hybridized carbons (Fsp3) is 0.133. The van der Waals surface area contributed by atoms with Gasteiger partial charge in [-0.3, -0.25) is 0 Å². The zero-order valence-electron chi connectivity index (χ0n) is 9.78. The monoisotopic (exact) mass is 242 g/mol. The fourth-order valence-electron chi connectivity index (χ4n) is 1.94. The van der Waals surface area contributed by atoms with Crippen LogP contribution in [-0.4, -0.2) is 16.5 Å². The molecule has 0 fully saturated rings. The summed E-state index contributed by atoms with van der Waals surface area (Å²) in [6, 6.07) is 13.5. The largest absolute Gasteiger partial charge is 0.508 e. The molecule has 2 rings (SSSR count). The van der Waals surface area contributed by atoms with E-state index >= 15 is 0 Å². The van der Waals surface area contributed by atoms with E-state index < -0.39 is 0 Å². The summed E-state index contributed by atoms with van der Waals surface area (Å²) < 4.78 is 0. The van der Waals surface area contributed by atoms with Gasteiger partial charge in [0.15, 0.2) is 0 Å². The van der Waals surface area contributed by atoms with E-state index in [4.69, 9.17) is 0 Å². The van der Waals surface area contributed by atoms with E-state index in [0.717, 1.165) is 17.4 Å². The topological polar surface area (TPSA) is 57.5 Å². The third kappa shape index (κ3) is 2.88. The second-order valence-corrected chi connectivity index (χ2v) is 4.21. The third-order valence-electron chi connectivity index (χ3n) is 2.83. The summed E-state index contributed by atoms with van der Waals surface area (Å²) in [6.07, 6.45) is 1.36. The van der Waals surface area contributed by atoms with Crippen LogP contribution in [0.2, 0.25) is 0 Å². The SMILES string of the molecule is O=CC(Cc1cccc(O)c1)c1cccc(O)c1. The highest BCUT2D eigenvalue weighted by atomic mass is 16.3. The Balaban J connectivity index is 2.22. The smallest absolute Gasteiger partial charge is 0.127 e. The molecule has 0 aliphatic rings. The van der Waals surface area contributed by atoms with Crippen molar-refractivity contribution in [3.63, 3.8) is 0 Å². The van der Waals surface area contributed by atoms with Crippen LogP contribution in [0.1, 0.15) is 17.0 Å². The molecule has 3 heteroatoms. The quantitative estimate of drug-likeness (QED) is 0.810. The van der Waals surface area contributed by atoms with Crippen LogP contribution < -0.4 is 0 Å². The van der Waals surface area contributed by atoms with E-state index in [-0.39, 0.29) is 17.4 Å². The Bertz CT molecular complexity index is 549. The first-order valence-electron chi connectivity index (χ1n) is 5.71. The van der Waals surface area contributed by atoms with Crippen LogP contribution in [0.3, 0.4) is 0 Å². The summed E-state index contributed by atoms with van der Waals surface area (Å²) in [5.41, 5.74) is 1.66. The van der Waals surface area contributed by atoms with E-state index in [1.165, 1.54) is 0 Å². The van der Waals surface area contributed by atoms with Gasteiger partial charge in [-0.15, -0.1) is 0 Å². The highest BCUT2D eigenvalue weighted by molar-refractivity contribution is 5.63. The molecule has 1 unspecified atom stereocenters. The molecule has 0 saturated carbocycles. The van der Waals surface area contributed by atoms with Crippen molar-refractivity contribution >= 4 is 6.29 Å². The summed E-state index contributed by atoms with van der Waals surface area (Å²) in [4.78, 5) is 11.2. The van der Waals surface area contributed by atoms with Crippen molar-refractivity contribution < 1.29 is 15.0 Å². The van der Waals surface area contributed by atoms with Gasteiger partial charge in [-0.1, -0.05) is 24.3 Å². The lowest BCUT2D eigenvalue weighted by molar-refractivity contribution is -0.109. The number of phenols is 2. The predicted molar refractivity (Wildman–Crippen MR) is 68.7 cm³/mol. The number of phenolic OH excluding ortho intramolecular Hbond substituents is 2. The van der Waals surface area contributed by atoms with Crippen molar-refractivity contribution in [1.29, 1.82) is 0 Å². The summed E-state index contributed by atoms with van der Waals surface area (Å²) in [5, 5.41) is 18.8. The Morgan fingerprint density at radius 1 is 1.00 bits per heavy atom. The number of hydrogen-bond donors (Lipinski definition) is 2. The predicted octanol–water partition coefficient (Wildman–Crippen LogP) is 2.62. The van der Waals surface area contributed by atoms with Gasteiger partial charge in [-0.25, -0.2) is 0 Å². The summed E-state index contributed by atoms with van der Waals surface area (Å²) in [6.45, 7) is 0. The highest BCUT2D eigenvalue weighted by Gasteiger charge is 2.12. The lowest BCUT2D eigenvalue weighted by atomic mass is 9.93. The van der Waals surface area contributed by atoms with E-state index in [9.17, 15) is 15.0 Å². The Hall–Kier alpha value is -2.29. The van der Waals surface area contributed by atoms with Crippen molar-refractivity contribution in [2.75, 3.05) is 0 Å². The lowest BCUT2D eigenvalue weighted by Gasteiger charge is -2.11. The number of hydrogen-bond acceptors (Lipinski definition) is 3. The molecule has 0 aliphatic heterocycles. The maximum Gasteiger partial charge on any atom is 0.127 e. The van der Waals surface area contributed by atoms with E-state index in [1.54, 1.807) is 36.4 Å². The molecule has 0 amide bonds. The lowest BCUT2D eigenvalue weighted by Crippen LogP contribution is -2.04. The van der Waals surface area contributed by atoms with Gasteiger partial charge in [-0.05, 0) is 41.8 Å². The molecule has 18 heavy (non-hydrogen) atoms. The standard InChI is InChI=1S/C15H14O3/c16-10-13(12-4-2-6-15(18)9-12)7-11-3-1-5-14(17)8-11/h1-6,8-10,13,17-18H,7H2. The maximum atomic E-state index is 11.2. The Morgan fingerprint density at radius 3 is 2.28 bits per heavy atom. The van der Waals surface area contributed by atoms with Gasteiger partial charge in [0.1, 0.15) is 17.8 Å². The summed E-state index contributed by atoms with van der Waals surface area (Å²) in [5.74, 6) is 0.0159. The molecule has 0 bridgehead atoms. The molecule has 3 nitrogen and oxygen atoms in total. The van der Waals surface area contributed by atoms with E-state index in [0.29, 0.717) is 6.42 Å². The van der Waals surface area contributed by atoms with Crippen molar-refractivity contribution in [2.45, 2.75) is 12.3 Å². The molecular formula is C15H14O3. The number of aldehydes is 1. The van der Waals surface area contributed by atoms with Crippen molar-refractivity contribution in [2.24, 2.45) is 0 Å². The Morgan fingerprint density at radius 2 is 1.67 bits per heavy atom. The van der Waals surface area contributed by atoms with Gasteiger partial charge in [0.05, 0.1) is 0 Å². The summed E-state index contributed by atoms with van der Waals surface area (Å²) >= 11 is 0. The fourth-order valence-corrected chi connectivity index (χ4v) is 1.94. The first-order valence-corrected chi connectivity index (χ1v) is 5.71. The van der Waals surface area contributed by atoms with Crippen molar-refractivity contribution in [3.05, 3.63) is 59.7 Å². The normalized spacial score (nSPS) is 12.0. The van der Waals surface area contributed by atoms with Crippen LogP contribution in [0.5, 0.6) is 11.5 Å². The first-order chi connectivity index (χ1) is 8.69. The van der Waals surface area contributed by atoms with Crippen LogP contribution in [0.4, 0.5) is 0 Å². The van der Waals surface area contributed by atoms with Crippen LogP contribution >= 0.6 is 0 Å². The second kappa shape index (κ2) is 5.36. The molecule has 0 aliphatic carbocycles. The zero-order chi connectivity index (χ0) is 13.0. The molecule has 1 atom stereocenters. The molecule has 0 saturated heterocycles. The van der Waals surface area contributed by atoms with E-state index in [1.807, 2.05) is 12.1 Å². The van der Waals surface area contributed by atoms with Gasteiger partial charge in [0.25, 0.3) is 0 Å². The highest BCUT2D eigenvalue weighted by Crippen LogP contribution is 2.23. The number of rotatable bonds is 4. The van der Waals surface area contributed by atoms with Gasteiger partial charge in [-0.2, -0.15) is 0 Å². The minimum absolute atomic E-state index is 0.148. The average Bonchev–Trinajstić information content (AvgIpc) is 2.36. The second-order valence-electron chi connectivity index (χ2n) is 4.21. The summed E-state index contributed by atoms with van der Waals surface area (Å²) in [7, 11) is 0. The van der Waals surface area contributed by atoms with Crippen LogP contribution in [0, 0.1) is 0 Å². The molecule has 0 aromatic heterocycles. The number of carbonyl (C=O) groups excluding carboxylic acids is 1. The van der Waals surface area contributed by atoms with Crippen molar-refractivity contribution in [1.82, 2.24) is 0 Å². The van der Waals surface area contributed by atoms with Gasteiger partial charge < -0.3 is 15.0 Å². The average molecular weight is 242 g/mol. The first kappa shape index (κ1) is 12.2. The molecule has 2 N–H and O–H groups in total. The minimum atomic E-state index is -0.320. The maximum absolute atomic E-state index is 11.2. The molecule has 92 valence electrons. The van der Waals surface area contributed by atoms with E-state index in [2.05, 4.69) is 0 Å². The molecule has 0 radical (unpaired) electrons. The van der Waals surface area contributed by atoms with Gasteiger partial charge in [0, 0.05) is 5.92 Å². The molecule has 0 spiro atoms. The van der Waals surface area contributed by atoms with Crippen molar-refractivity contribution in [3.8, 4) is 11.5 Å². The Labute approximate surface area is 105 Å².